The summed E-state index contributed by atoms with van der Waals surface area (Å²) in [6.07, 6.45) is 5.07. The normalized spacial score (nSPS) is 12.1. The van der Waals surface area contributed by atoms with Crippen molar-refractivity contribution >= 4 is 41.7 Å². The molecule has 43 heavy (non-hydrogen) atoms. The van der Waals surface area contributed by atoms with Crippen molar-refractivity contribution in [3.05, 3.63) is 168 Å². The van der Waals surface area contributed by atoms with E-state index in [4.69, 9.17) is 9.41 Å². The Labute approximate surface area is 256 Å². The van der Waals surface area contributed by atoms with Gasteiger partial charge in [0.05, 0.1) is 11.2 Å². The van der Waals surface area contributed by atoms with E-state index in [1.807, 2.05) is 12.1 Å². The first-order valence-electron chi connectivity index (χ1n) is 14.9. The zero-order chi connectivity index (χ0) is 29.7. The van der Waals surface area contributed by atoms with Crippen LogP contribution >= 0.6 is 0 Å². The average molecular weight is 576 g/mol. The summed E-state index contributed by atoms with van der Waals surface area (Å²) in [5, 5.41) is 3.65. The van der Waals surface area contributed by atoms with Crippen molar-refractivity contribution in [2.75, 3.05) is 0 Å². The molecule has 0 aliphatic carbocycles. The van der Waals surface area contributed by atoms with Gasteiger partial charge in [0, 0.05) is 5.39 Å². The largest absolute Gasteiger partial charge is 0.534 e. The van der Waals surface area contributed by atoms with Crippen LogP contribution in [0.5, 0.6) is 5.75 Å². The van der Waals surface area contributed by atoms with E-state index in [-0.39, 0.29) is 5.04 Å². The average Bonchev–Trinajstić information content (AvgIpc) is 3.04. The molecule has 0 fully saturated rings. The van der Waals surface area contributed by atoms with E-state index in [1.54, 1.807) is 0 Å². The molecule has 0 N–H and O–H groups in total. The molecule has 0 bridgehead atoms. The van der Waals surface area contributed by atoms with E-state index in [2.05, 4.69) is 166 Å². The van der Waals surface area contributed by atoms with Crippen molar-refractivity contribution in [2.24, 2.45) is 0 Å². The number of aromatic nitrogens is 1. The van der Waals surface area contributed by atoms with Gasteiger partial charge in [0.2, 0.25) is 0 Å². The highest BCUT2D eigenvalue weighted by Gasteiger charge is 2.52. The van der Waals surface area contributed by atoms with Crippen LogP contribution < -0.4 is 14.8 Å². The Morgan fingerprint density at radius 3 is 1.74 bits per heavy atom. The highest BCUT2D eigenvalue weighted by atomic mass is 28.4. The van der Waals surface area contributed by atoms with Gasteiger partial charge in [-0.3, -0.25) is 0 Å². The first-order valence-corrected chi connectivity index (χ1v) is 16.8. The number of rotatable bonds is 8. The van der Waals surface area contributed by atoms with Crippen LogP contribution in [-0.2, 0) is 6.42 Å². The summed E-state index contributed by atoms with van der Waals surface area (Å²) in [6.45, 7) is 6.93. The van der Waals surface area contributed by atoms with Crippen molar-refractivity contribution in [2.45, 2.75) is 32.2 Å². The monoisotopic (exact) mass is 575 g/mol. The maximum Gasteiger partial charge on any atom is 0.319 e. The second-order valence-electron chi connectivity index (χ2n) is 12.1. The lowest BCUT2D eigenvalue weighted by Crippen LogP contribution is -2.68. The predicted molar refractivity (Wildman–Crippen MR) is 185 cm³/mol. The van der Waals surface area contributed by atoms with E-state index in [9.17, 15) is 0 Å². The standard InChI is InChI=1S/C40H37NOSi/c1-40(2,3)43(37-13-6-4-7-14-37,38-15-8-5-9-16-38)42-36-28-23-33(24-29-36)30-32-20-18-31(19-21-32)22-26-35-27-25-34-12-10-11-17-39(34)41-35/h4-29H,30H2,1-3H3. The van der Waals surface area contributed by atoms with E-state index in [0.717, 1.165) is 34.3 Å². The van der Waals surface area contributed by atoms with Gasteiger partial charge in [0.15, 0.2) is 0 Å². The van der Waals surface area contributed by atoms with Crippen molar-refractivity contribution < 1.29 is 4.43 Å². The van der Waals surface area contributed by atoms with Crippen molar-refractivity contribution in [1.82, 2.24) is 4.98 Å². The van der Waals surface area contributed by atoms with E-state index in [0.29, 0.717) is 0 Å². The van der Waals surface area contributed by atoms with E-state index in [1.165, 1.54) is 21.5 Å². The summed E-state index contributed by atoms with van der Waals surface area (Å²) >= 11 is 0. The number of benzene rings is 5. The lowest BCUT2D eigenvalue weighted by atomic mass is 10.0. The fourth-order valence-corrected chi connectivity index (χ4v) is 10.3. The van der Waals surface area contributed by atoms with Gasteiger partial charge in [-0.1, -0.05) is 148 Å². The molecule has 0 radical (unpaired) electrons. The summed E-state index contributed by atoms with van der Waals surface area (Å²) < 4.78 is 7.17. The van der Waals surface area contributed by atoms with Crippen LogP contribution in [-0.4, -0.2) is 13.3 Å². The Balaban J connectivity index is 1.18. The maximum atomic E-state index is 7.17. The van der Waals surface area contributed by atoms with Gasteiger partial charge in [-0.05, 0) is 68.9 Å². The van der Waals surface area contributed by atoms with Crippen LogP contribution in [0.4, 0.5) is 0 Å². The van der Waals surface area contributed by atoms with Gasteiger partial charge in [0.25, 0.3) is 0 Å². The first-order chi connectivity index (χ1) is 20.9. The fraction of sp³-hybridized carbons (Fsp3) is 0.125. The van der Waals surface area contributed by atoms with E-state index >= 15 is 0 Å². The topological polar surface area (TPSA) is 22.1 Å². The summed E-state index contributed by atoms with van der Waals surface area (Å²) in [5.74, 6) is 0.917. The lowest BCUT2D eigenvalue weighted by Gasteiger charge is -2.43. The van der Waals surface area contributed by atoms with E-state index < -0.39 is 8.32 Å². The van der Waals surface area contributed by atoms with Crippen LogP contribution in [0.2, 0.25) is 5.04 Å². The molecule has 0 saturated carbocycles. The van der Waals surface area contributed by atoms with Gasteiger partial charge in [0.1, 0.15) is 5.75 Å². The van der Waals surface area contributed by atoms with Crippen LogP contribution in [0.3, 0.4) is 0 Å². The van der Waals surface area contributed by atoms with Crippen molar-refractivity contribution in [1.29, 1.82) is 0 Å². The molecule has 0 amide bonds. The number of pyridine rings is 1. The minimum Gasteiger partial charge on any atom is -0.534 e. The zero-order valence-corrected chi connectivity index (χ0v) is 26.1. The second kappa shape index (κ2) is 12.2. The Morgan fingerprint density at radius 2 is 1.14 bits per heavy atom. The number of fused-ring (bicyclic) bond motifs is 1. The van der Waals surface area contributed by atoms with Gasteiger partial charge < -0.3 is 4.43 Å². The molecule has 2 nitrogen and oxygen atoms in total. The Morgan fingerprint density at radius 1 is 0.581 bits per heavy atom. The van der Waals surface area contributed by atoms with Crippen LogP contribution in [0.15, 0.2) is 146 Å². The fourth-order valence-electron chi connectivity index (χ4n) is 5.84. The van der Waals surface area contributed by atoms with Crippen LogP contribution in [0.25, 0.3) is 23.1 Å². The third kappa shape index (κ3) is 6.23. The molecular formula is C40H37NOSi. The van der Waals surface area contributed by atoms with Gasteiger partial charge in [-0.25, -0.2) is 4.98 Å². The van der Waals surface area contributed by atoms with Gasteiger partial charge >= 0.3 is 8.32 Å². The SMILES string of the molecule is CC(C)(C)[Si](Oc1ccc(Cc2ccc(C=Cc3ccc4ccccc4n3)cc2)cc1)(c1ccccc1)c1ccccc1. The molecule has 0 spiro atoms. The minimum absolute atomic E-state index is 0.0745. The lowest BCUT2D eigenvalue weighted by molar-refractivity contribution is 0.508. The second-order valence-corrected chi connectivity index (χ2v) is 16.3. The molecule has 5 aromatic carbocycles. The molecule has 1 heterocycles. The summed E-state index contributed by atoms with van der Waals surface area (Å²) in [5.41, 5.74) is 5.68. The maximum absolute atomic E-state index is 7.17. The smallest absolute Gasteiger partial charge is 0.319 e. The number of hydrogen-bond acceptors (Lipinski definition) is 2. The highest BCUT2D eigenvalue weighted by molar-refractivity contribution is 7.00. The Hall–Kier alpha value is -4.73. The summed E-state index contributed by atoms with van der Waals surface area (Å²) in [7, 11) is -2.65. The molecule has 0 aliphatic rings. The molecule has 6 rings (SSSR count). The van der Waals surface area contributed by atoms with Gasteiger partial charge in [-0.15, -0.1) is 0 Å². The van der Waals surface area contributed by atoms with Crippen molar-refractivity contribution in [3.8, 4) is 5.75 Å². The Kier molecular flexibility index (Phi) is 8.09. The molecule has 0 atom stereocenters. The molecule has 0 aliphatic heterocycles. The Bertz CT molecular complexity index is 1780. The number of para-hydroxylation sites is 1. The van der Waals surface area contributed by atoms with Gasteiger partial charge in [-0.2, -0.15) is 0 Å². The molecular weight excluding hydrogens is 539 g/mol. The van der Waals surface area contributed by atoms with Crippen molar-refractivity contribution in [3.63, 3.8) is 0 Å². The molecule has 0 saturated heterocycles. The van der Waals surface area contributed by atoms with Crippen LogP contribution in [0.1, 0.15) is 43.2 Å². The number of nitrogens with zero attached hydrogens (tertiary/aromatic N) is 1. The third-order valence-electron chi connectivity index (χ3n) is 8.07. The third-order valence-corrected chi connectivity index (χ3v) is 13.0. The molecule has 212 valence electrons. The quantitative estimate of drug-likeness (QED) is 0.169. The predicted octanol–water partition coefficient (Wildman–Crippen LogP) is 8.93. The van der Waals surface area contributed by atoms with Crippen LogP contribution in [0, 0.1) is 0 Å². The molecule has 1 aromatic heterocycles. The first kappa shape index (κ1) is 28.4. The zero-order valence-electron chi connectivity index (χ0n) is 25.1. The molecule has 3 heteroatoms. The number of hydrogen-bond donors (Lipinski definition) is 0. The summed E-state index contributed by atoms with van der Waals surface area (Å²) in [4.78, 5) is 4.75. The highest BCUT2D eigenvalue weighted by Crippen LogP contribution is 2.37. The molecule has 0 unspecified atom stereocenters. The summed E-state index contributed by atoms with van der Waals surface area (Å²) in [6, 6.07) is 51.4. The molecule has 6 aromatic rings. The minimum atomic E-state index is -2.65.